The Morgan fingerprint density at radius 2 is 1.72 bits per heavy atom. The molecule has 6 aliphatic carbocycles. The lowest BCUT2D eigenvalue weighted by atomic mass is 9.45. The van der Waals surface area contributed by atoms with Crippen molar-refractivity contribution in [3.63, 3.8) is 0 Å². The summed E-state index contributed by atoms with van der Waals surface area (Å²) in [4.78, 5) is 46.0. The number of Topliss-reactive ketones (excluding diaryl/α,β-unsaturated/α-hetero) is 2. The quantitative estimate of drug-likeness (QED) is 0.264. The van der Waals surface area contributed by atoms with Crippen LogP contribution in [0.2, 0.25) is 0 Å². The molecule has 7 rings (SSSR count). The van der Waals surface area contributed by atoms with Gasteiger partial charge in [-0.15, -0.1) is 0 Å². The highest BCUT2D eigenvalue weighted by Crippen LogP contribution is 2.61. The SMILES string of the molecule is CCN(Cc1cc(O)c2c(c1N(C)C)C[C@H]1C[C@H]3[C@H](N(C)C)C(O)=C(C(N)=O)C(=O)[C@@]3(O)C(O)=C1C2=O)C[C@H]1CCC2CC1C2(C)C. The van der Waals surface area contributed by atoms with Gasteiger partial charge in [-0.3, -0.25) is 24.2 Å². The summed E-state index contributed by atoms with van der Waals surface area (Å²) < 4.78 is 0. The zero-order valence-electron chi connectivity index (χ0n) is 28.6. The monoisotopic (exact) mass is 650 g/mol. The number of carbonyl (C=O) groups excluding carboxylic acids is 3. The molecule has 47 heavy (non-hydrogen) atoms. The zero-order valence-corrected chi connectivity index (χ0v) is 28.6. The van der Waals surface area contributed by atoms with Crippen molar-refractivity contribution in [3.05, 3.63) is 45.4 Å². The van der Waals surface area contributed by atoms with Gasteiger partial charge in [0.25, 0.3) is 5.91 Å². The summed E-state index contributed by atoms with van der Waals surface area (Å²) in [5.41, 5.74) is 4.64. The third-order valence-electron chi connectivity index (χ3n) is 12.6. The summed E-state index contributed by atoms with van der Waals surface area (Å²) in [6, 6.07) is 0.610. The van der Waals surface area contributed by atoms with E-state index in [0.29, 0.717) is 29.4 Å². The number of anilines is 1. The van der Waals surface area contributed by atoms with Gasteiger partial charge in [0.1, 0.15) is 22.8 Å². The van der Waals surface area contributed by atoms with E-state index in [1.807, 2.05) is 19.0 Å². The number of primary amides is 1. The first-order valence-electron chi connectivity index (χ1n) is 16.9. The maximum atomic E-state index is 14.2. The van der Waals surface area contributed by atoms with Gasteiger partial charge in [0, 0.05) is 44.4 Å². The highest BCUT2D eigenvalue weighted by molar-refractivity contribution is 6.24. The molecule has 1 aromatic carbocycles. The lowest BCUT2D eigenvalue weighted by Crippen LogP contribution is -2.63. The van der Waals surface area contributed by atoms with Gasteiger partial charge in [0.15, 0.2) is 11.4 Å². The van der Waals surface area contributed by atoms with E-state index in [9.17, 15) is 34.8 Å². The molecule has 3 fully saturated rings. The van der Waals surface area contributed by atoms with Crippen molar-refractivity contribution in [2.75, 3.05) is 46.2 Å². The minimum absolute atomic E-state index is 0.0378. The van der Waals surface area contributed by atoms with E-state index in [2.05, 4.69) is 25.7 Å². The topological polar surface area (TPSA) is 168 Å². The van der Waals surface area contributed by atoms with Gasteiger partial charge in [-0.1, -0.05) is 20.8 Å². The van der Waals surface area contributed by atoms with Gasteiger partial charge in [0.05, 0.1) is 11.6 Å². The number of phenolic OH excluding ortho intramolecular Hbond substituents is 1. The molecule has 7 atom stereocenters. The van der Waals surface area contributed by atoms with Crippen molar-refractivity contribution in [1.82, 2.24) is 9.80 Å². The first-order valence-corrected chi connectivity index (χ1v) is 16.9. The molecule has 0 heterocycles. The fraction of sp³-hybridized carbons (Fsp3) is 0.639. The van der Waals surface area contributed by atoms with Gasteiger partial charge >= 0.3 is 0 Å². The smallest absolute Gasteiger partial charge is 0.255 e. The van der Waals surface area contributed by atoms with Crippen LogP contribution in [-0.4, -0.2) is 101 Å². The largest absolute Gasteiger partial charge is 0.510 e. The maximum Gasteiger partial charge on any atom is 0.255 e. The molecular formula is C36H50N4O7. The van der Waals surface area contributed by atoms with E-state index < -0.39 is 58.0 Å². The number of carbonyl (C=O) groups is 3. The van der Waals surface area contributed by atoms with E-state index in [0.717, 1.165) is 30.3 Å². The summed E-state index contributed by atoms with van der Waals surface area (Å²) in [7, 11) is 7.07. The Labute approximate surface area is 276 Å². The van der Waals surface area contributed by atoms with Crippen molar-refractivity contribution >= 4 is 23.2 Å². The number of ketones is 2. The number of aromatic hydroxyl groups is 1. The van der Waals surface area contributed by atoms with Crippen LogP contribution < -0.4 is 10.6 Å². The number of rotatable bonds is 8. The number of phenols is 1. The fourth-order valence-electron chi connectivity index (χ4n) is 10.1. The lowest BCUT2D eigenvalue weighted by molar-refractivity contribution is -0.148. The van der Waals surface area contributed by atoms with Crippen LogP contribution in [-0.2, 0) is 22.6 Å². The molecule has 3 saturated carbocycles. The van der Waals surface area contributed by atoms with Gasteiger partial charge in [-0.05, 0) is 99.0 Å². The van der Waals surface area contributed by atoms with Crippen LogP contribution in [0.5, 0.6) is 5.75 Å². The number of nitrogens with zero attached hydrogens (tertiary/aromatic N) is 3. The first-order chi connectivity index (χ1) is 22.0. The number of likely N-dealkylation sites (N-methyl/N-ethyl adjacent to an activating group) is 1. The summed E-state index contributed by atoms with van der Waals surface area (Å²) in [5.74, 6) is -4.30. The predicted octanol–water partition coefficient (Wildman–Crippen LogP) is 3.08. The molecule has 0 saturated heterocycles. The van der Waals surface area contributed by atoms with Gasteiger partial charge in [0.2, 0.25) is 5.78 Å². The minimum Gasteiger partial charge on any atom is -0.510 e. The minimum atomic E-state index is -2.65. The lowest BCUT2D eigenvalue weighted by Gasteiger charge is -2.60. The molecule has 2 bridgehead atoms. The van der Waals surface area contributed by atoms with Gasteiger partial charge in [-0.2, -0.15) is 0 Å². The highest BCUT2D eigenvalue weighted by Gasteiger charge is 2.63. The Morgan fingerprint density at radius 1 is 1.04 bits per heavy atom. The van der Waals surface area contributed by atoms with Crippen LogP contribution in [0, 0.1) is 35.0 Å². The molecule has 256 valence electrons. The summed E-state index contributed by atoms with van der Waals surface area (Å²) in [6.07, 6.45) is 4.13. The van der Waals surface area contributed by atoms with Crippen LogP contribution in [0.4, 0.5) is 5.69 Å². The Balaban J connectivity index is 1.40. The Hall–Kier alpha value is -3.41. The Kier molecular flexibility index (Phi) is 8.08. The first kappa shape index (κ1) is 33.5. The van der Waals surface area contributed by atoms with Crippen LogP contribution in [0.3, 0.4) is 0 Å². The molecule has 11 nitrogen and oxygen atoms in total. The molecule has 0 aliphatic heterocycles. The second-order valence-corrected chi connectivity index (χ2v) is 15.6. The Morgan fingerprint density at radius 3 is 2.28 bits per heavy atom. The molecule has 1 amide bonds. The predicted molar refractivity (Wildman–Crippen MR) is 177 cm³/mol. The molecule has 0 aromatic heterocycles. The number of aliphatic hydroxyl groups excluding tert-OH is 2. The van der Waals surface area contributed by atoms with E-state index in [1.54, 1.807) is 25.1 Å². The van der Waals surface area contributed by atoms with Crippen molar-refractivity contribution in [2.24, 2.45) is 40.7 Å². The number of hydrogen-bond donors (Lipinski definition) is 5. The summed E-state index contributed by atoms with van der Waals surface area (Å²) in [5, 5.41) is 46.0. The van der Waals surface area contributed by atoms with Gasteiger partial charge in [-0.25, -0.2) is 0 Å². The molecule has 6 N–H and O–H groups in total. The van der Waals surface area contributed by atoms with Crippen LogP contribution >= 0.6 is 0 Å². The van der Waals surface area contributed by atoms with Crippen LogP contribution in [0.1, 0.15) is 67.9 Å². The number of nitrogens with two attached hydrogens (primary N) is 1. The molecule has 1 aromatic rings. The number of allylic oxidation sites excluding steroid dienone is 1. The second kappa shape index (κ2) is 11.3. The highest BCUT2D eigenvalue weighted by atomic mass is 16.3. The Bertz CT molecular complexity index is 1610. The number of benzene rings is 1. The van der Waals surface area contributed by atoms with Crippen LogP contribution in [0.25, 0.3) is 0 Å². The fourth-order valence-corrected chi connectivity index (χ4v) is 10.1. The summed E-state index contributed by atoms with van der Waals surface area (Å²) >= 11 is 0. The maximum absolute atomic E-state index is 14.2. The van der Waals surface area contributed by atoms with Gasteiger partial charge < -0.3 is 31.1 Å². The second-order valence-electron chi connectivity index (χ2n) is 15.6. The zero-order chi connectivity index (χ0) is 34.5. The molecule has 0 radical (unpaired) electrons. The average molecular weight is 651 g/mol. The van der Waals surface area contributed by atoms with Crippen molar-refractivity contribution in [3.8, 4) is 5.75 Å². The number of amides is 1. The molecule has 0 spiro atoms. The standard InChI is InChI=1S/C36H50N4O7/c1-8-40(15-17-9-10-20-14-22(17)35(20,2)3)16-19-13-24(41)26-21(28(19)38(4)5)11-18-12-23-29(39(6)7)31(43)27(34(37)46)33(45)36(23,47)32(44)25(18)30(26)42/h13,17-18,20,22-23,29,41,43-44,47H,8-12,14-16H2,1-7H3,(H2,37,46)/t17-,18+,20?,22?,23+,29+,36+/m1/s1. The molecule has 6 aliphatic rings. The third kappa shape index (κ3) is 4.75. The van der Waals surface area contributed by atoms with E-state index in [4.69, 9.17) is 5.73 Å². The molecular weight excluding hydrogens is 600 g/mol. The number of hydrogen-bond acceptors (Lipinski definition) is 10. The van der Waals surface area contributed by atoms with E-state index in [-0.39, 0.29) is 29.7 Å². The van der Waals surface area contributed by atoms with E-state index in [1.165, 1.54) is 19.3 Å². The third-order valence-corrected chi connectivity index (χ3v) is 12.6. The molecule has 11 heteroatoms. The average Bonchev–Trinajstić information content (AvgIpc) is 2.97. The normalized spacial score (nSPS) is 32.6. The van der Waals surface area contributed by atoms with Crippen LogP contribution in [0.15, 0.2) is 28.7 Å². The molecule has 2 unspecified atom stereocenters. The van der Waals surface area contributed by atoms with Crippen molar-refractivity contribution in [2.45, 2.75) is 71.1 Å². The van der Waals surface area contributed by atoms with E-state index >= 15 is 0 Å². The number of aliphatic hydroxyl groups is 3. The summed E-state index contributed by atoms with van der Waals surface area (Å²) in [6.45, 7) is 9.36. The number of fused-ring (bicyclic) bond motifs is 5. The van der Waals surface area contributed by atoms with Crippen molar-refractivity contribution < 1.29 is 34.8 Å². The van der Waals surface area contributed by atoms with Crippen molar-refractivity contribution in [1.29, 1.82) is 0 Å².